The summed E-state index contributed by atoms with van der Waals surface area (Å²) in [5.41, 5.74) is 5.22. The van der Waals surface area contributed by atoms with Gasteiger partial charge in [-0.2, -0.15) is 0 Å². The highest BCUT2D eigenvalue weighted by Gasteiger charge is 2.10. The van der Waals surface area contributed by atoms with Crippen LogP contribution >= 0.6 is 0 Å². The van der Waals surface area contributed by atoms with E-state index in [1.165, 1.54) is 0 Å². The first-order valence-corrected chi connectivity index (χ1v) is 3.57. The predicted molar refractivity (Wildman–Crippen MR) is 43.7 cm³/mol. The third kappa shape index (κ3) is 2.09. The third-order valence-corrected chi connectivity index (χ3v) is 1.29. The maximum atomic E-state index is 9.03. The molecule has 0 fully saturated rings. The number of hydrogen-bond donors (Lipinski definition) is 2. The van der Waals surface area contributed by atoms with E-state index >= 15 is 0 Å². The topological polar surface area (TPSA) is 88.4 Å². The molecule has 0 spiro atoms. The molecule has 1 aromatic heterocycles. The van der Waals surface area contributed by atoms with Crippen LogP contribution in [0.25, 0.3) is 0 Å². The lowest BCUT2D eigenvalue weighted by Gasteiger charge is -2.14. The van der Waals surface area contributed by atoms with Gasteiger partial charge in [0.2, 0.25) is 0 Å². The summed E-state index contributed by atoms with van der Waals surface area (Å²) in [5, 5.41) is 16.2. The Morgan fingerprint density at radius 1 is 1.67 bits per heavy atom. The molecule has 0 aliphatic carbocycles. The highest BCUT2D eigenvalue weighted by molar-refractivity contribution is 5.26. The van der Waals surface area contributed by atoms with Crippen molar-refractivity contribution in [3.05, 3.63) is 0 Å². The summed E-state index contributed by atoms with van der Waals surface area (Å²) in [7, 11) is 1.74. The molecule has 1 unspecified atom stereocenters. The van der Waals surface area contributed by atoms with E-state index in [9.17, 15) is 0 Å². The molecule has 0 radical (unpaired) electrons. The van der Waals surface area contributed by atoms with Crippen molar-refractivity contribution in [2.75, 3.05) is 24.2 Å². The standard InChI is InChI=1S/C6H12N4O2/c1-4(11)3-10(2)6-9-8-5(7)12-6/h4,11H,3H2,1-2H3,(H2,7,8). The van der Waals surface area contributed by atoms with E-state index in [-0.39, 0.29) is 6.01 Å². The van der Waals surface area contributed by atoms with E-state index in [4.69, 9.17) is 15.3 Å². The summed E-state index contributed by atoms with van der Waals surface area (Å²) in [4.78, 5) is 1.63. The number of nitrogens with two attached hydrogens (primary N) is 1. The first-order valence-electron chi connectivity index (χ1n) is 3.57. The Labute approximate surface area is 70.0 Å². The van der Waals surface area contributed by atoms with Crippen LogP contribution in [0.2, 0.25) is 0 Å². The Bertz CT molecular complexity index is 247. The van der Waals surface area contributed by atoms with Crippen LogP contribution in [0.3, 0.4) is 0 Å². The highest BCUT2D eigenvalue weighted by Crippen LogP contribution is 2.10. The molecule has 1 heterocycles. The van der Waals surface area contributed by atoms with Gasteiger partial charge in [-0.3, -0.25) is 0 Å². The Hall–Kier alpha value is -1.30. The van der Waals surface area contributed by atoms with Crippen molar-refractivity contribution < 1.29 is 9.52 Å². The summed E-state index contributed by atoms with van der Waals surface area (Å²) >= 11 is 0. The minimum absolute atomic E-state index is 0.0300. The zero-order valence-corrected chi connectivity index (χ0v) is 7.06. The van der Waals surface area contributed by atoms with Crippen molar-refractivity contribution in [3.8, 4) is 0 Å². The lowest BCUT2D eigenvalue weighted by Crippen LogP contribution is -2.27. The molecule has 0 aliphatic rings. The van der Waals surface area contributed by atoms with E-state index in [1.54, 1.807) is 18.9 Å². The van der Waals surface area contributed by atoms with Crippen molar-refractivity contribution >= 4 is 12.0 Å². The van der Waals surface area contributed by atoms with Crippen molar-refractivity contribution in [3.63, 3.8) is 0 Å². The summed E-state index contributed by atoms with van der Waals surface area (Å²) in [6.07, 6.45) is -0.442. The lowest BCUT2D eigenvalue weighted by atomic mass is 10.4. The second-order valence-electron chi connectivity index (χ2n) is 2.65. The number of anilines is 2. The zero-order valence-electron chi connectivity index (χ0n) is 7.06. The smallest absolute Gasteiger partial charge is 0.319 e. The molecule has 6 nitrogen and oxygen atoms in total. The zero-order chi connectivity index (χ0) is 9.14. The Kier molecular flexibility index (Phi) is 2.49. The monoisotopic (exact) mass is 172 g/mol. The summed E-state index contributed by atoms with van der Waals surface area (Å²) in [6.45, 7) is 2.11. The SMILES string of the molecule is CC(O)CN(C)c1nnc(N)o1. The average molecular weight is 172 g/mol. The van der Waals surface area contributed by atoms with Gasteiger partial charge < -0.3 is 20.2 Å². The molecular weight excluding hydrogens is 160 g/mol. The molecule has 1 atom stereocenters. The van der Waals surface area contributed by atoms with Crippen LogP contribution < -0.4 is 10.6 Å². The van der Waals surface area contributed by atoms with Crippen LogP contribution in [0, 0.1) is 0 Å². The van der Waals surface area contributed by atoms with Gasteiger partial charge in [0.1, 0.15) is 0 Å². The number of nitrogen functional groups attached to an aromatic ring is 1. The van der Waals surface area contributed by atoms with Gasteiger partial charge >= 0.3 is 12.0 Å². The van der Waals surface area contributed by atoms with Crippen LogP contribution in [-0.4, -0.2) is 35.0 Å². The van der Waals surface area contributed by atoms with E-state index in [0.717, 1.165) is 0 Å². The molecule has 68 valence electrons. The van der Waals surface area contributed by atoms with Gasteiger partial charge in [0, 0.05) is 13.6 Å². The predicted octanol–water partition coefficient (Wildman–Crippen LogP) is -0.531. The van der Waals surface area contributed by atoms with Crippen LogP contribution in [0.1, 0.15) is 6.92 Å². The number of rotatable bonds is 3. The maximum absolute atomic E-state index is 9.03. The molecular formula is C6H12N4O2. The van der Waals surface area contributed by atoms with E-state index < -0.39 is 6.10 Å². The Balaban J connectivity index is 2.58. The minimum Gasteiger partial charge on any atom is -0.392 e. The van der Waals surface area contributed by atoms with E-state index in [2.05, 4.69) is 10.2 Å². The van der Waals surface area contributed by atoms with Crippen molar-refractivity contribution in [1.29, 1.82) is 0 Å². The quantitative estimate of drug-likeness (QED) is 0.637. The third-order valence-electron chi connectivity index (χ3n) is 1.29. The molecule has 1 aromatic rings. The number of aliphatic hydroxyl groups excluding tert-OH is 1. The normalized spacial score (nSPS) is 12.9. The number of aromatic nitrogens is 2. The van der Waals surface area contributed by atoms with Gasteiger partial charge in [-0.1, -0.05) is 10.2 Å². The summed E-state index contributed by atoms with van der Waals surface area (Å²) in [6, 6.07) is 0.343. The molecule has 0 bridgehead atoms. The Morgan fingerprint density at radius 2 is 2.33 bits per heavy atom. The van der Waals surface area contributed by atoms with E-state index in [0.29, 0.717) is 12.6 Å². The van der Waals surface area contributed by atoms with Crippen LogP contribution in [0.15, 0.2) is 4.42 Å². The van der Waals surface area contributed by atoms with Crippen molar-refractivity contribution in [2.45, 2.75) is 13.0 Å². The number of nitrogens with zero attached hydrogens (tertiary/aromatic N) is 3. The Morgan fingerprint density at radius 3 is 2.75 bits per heavy atom. The van der Waals surface area contributed by atoms with Crippen LogP contribution in [0.5, 0.6) is 0 Å². The molecule has 6 heteroatoms. The molecule has 12 heavy (non-hydrogen) atoms. The molecule has 0 saturated heterocycles. The number of aliphatic hydroxyl groups is 1. The van der Waals surface area contributed by atoms with Crippen LogP contribution in [0.4, 0.5) is 12.0 Å². The highest BCUT2D eigenvalue weighted by atomic mass is 16.4. The molecule has 0 saturated carbocycles. The maximum Gasteiger partial charge on any atom is 0.319 e. The second kappa shape index (κ2) is 3.40. The van der Waals surface area contributed by atoms with Crippen LogP contribution in [-0.2, 0) is 0 Å². The summed E-state index contributed by atoms with van der Waals surface area (Å²) in [5.74, 6) is 0. The fourth-order valence-corrected chi connectivity index (χ4v) is 0.855. The first-order chi connectivity index (χ1) is 5.59. The van der Waals surface area contributed by atoms with Gasteiger partial charge in [-0.15, -0.1) is 0 Å². The fourth-order valence-electron chi connectivity index (χ4n) is 0.855. The first kappa shape index (κ1) is 8.79. The van der Waals surface area contributed by atoms with Gasteiger partial charge in [0.25, 0.3) is 0 Å². The molecule has 1 rings (SSSR count). The van der Waals surface area contributed by atoms with Gasteiger partial charge in [0.05, 0.1) is 6.10 Å². The average Bonchev–Trinajstić information content (AvgIpc) is 2.34. The molecule has 0 amide bonds. The number of likely N-dealkylation sites (N-methyl/N-ethyl adjacent to an activating group) is 1. The van der Waals surface area contributed by atoms with Crippen molar-refractivity contribution in [2.24, 2.45) is 0 Å². The lowest BCUT2D eigenvalue weighted by molar-refractivity contribution is 0.200. The van der Waals surface area contributed by atoms with Gasteiger partial charge in [-0.25, -0.2) is 0 Å². The summed E-state index contributed by atoms with van der Waals surface area (Å²) < 4.78 is 4.92. The molecule has 0 aromatic carbocycles. The number of hydrogen-bond acceptors (Lipinski definition) is 6. The van der Waals surface area contributed by atoms with Crippen molar-refractivity contribution in [1.82, 2.24) is 10.2 Å². The fraction of sp³-hybridized carbons (Fsp3) is 0.667. The molecule has 3 N–H and O–H groups in total. The largest absolute Gasteiger partial charge is 0.392 e. The molecule has 0 aliphatic heterocycles. The minimum atomic E-state index is -0.442. The van der Waals surface area contributed by atoms with Gasteiger partial charge in [-0.05, 0) is 6.92 Å². The second-order valence-corrected chi connectivity index (χ2v) is 2.65. The van der Waals surface area contributed by atoms with E-state index in [1.807, 2.05) is 0 Å². The van der Waals surface area contributed by atoms with Gasteiger partial charge in [0.15, 0.2) is 0 Å².